The Morgan fingerprint density at radius 1 is 1.30 bits per heavy atom. The lowest BCUT2D eigenvalue weighted by Gasteiger charge is -2.36. The zero-order valence-electron chi connectivity index (χ0n) is 15.8. The number of likely N-dealkylation sites (N-methyl/N-ethyl adjacent to an activating group) is 1. The van der Waals surface area contributed by atoms with Crippen LogP contribution in [0.25, 0.3) is 0 Å². The van der Waals surface area contributed by atoms with Gasteiger partial charge in [-0.2, -0.15) is 0 Å². The first-order chi connectivity index (χ1) is 13.1. The highest BCUT2D eigenvalue weighted by Crippen LogP contribution is 2.23. The number of ether oxygens (including phenoxy) is 1. The molecule has 1 unspecified atom stereocenters. The first-order valence-corrected chi connectivity index (χ1v) is 9.14. The molecule has 1 heterocycles. The number of methoxy groups -OCH3 is 1. The Morgan fingerprint density at radius 2 is 2.11 bits per heavy atom. The van der Waals surface area contributed by atoms with E-state index in [1.165, 1.54) is 6.07 Å². The minimum absolute atomic E-state index is 0.0157. The summed E-state index contributed by atoms with van der Waals surface area (Å²) in [5.74, 6) is 0.554. The van der Waals surface area contributed by atoms with Gasteiger partial charge in [-0.3, -0.25) is 9.69 Å². The van der Waals surface area contributed by atoms with Gasteiger partial charge in [0.1, 0.15) is 11.6 Å². The van der Waals surface area contributed by atoms with E-state index in [0.29, 0.717) is 19.6 Å². The average molecular weight is 371 g/mol. The molecule has 1 aliphatic heterocycles. The van der Waals surface area contributed by atoms with Gasteiger partial charge in [0, 0.05) is 44.8 Å². The van der Waals surface area contributed by atoms with Gasteiger partial charge < -0.3 is 15.0 Å². The Morgan fingerprint density at radius 3 is 2.89 bits per heavy atom. The second kappa shape index (κ2) is 8.97. The largest absolute Gasteiger partial charge is 0.496 e. The monoisotopic (exact) mass is 371 g/mol. The number of amides is 1. The van der Waals surface area contributed by atoms with E-state index in [9.17, 15) is 9.18 Å². The molecule has 1 saturated heterocycles. The van der Waals surface area contributed by atoms with Crippen molar-refractivity contribution in [3.63, 3.8) is 0 Å². The molecule has 2 aromatic carbocycles. The van der Waals surface area contributed by atoms with E-state index in [0.717, 1.165) is 30.0 Å². The normalized spacial score (nSPS) is 17.5. The summed E-state index contributed by atoms with van der Waals surface area (Å²) in [6, 6.07) is 14.3. The van der Waals surface area contributed by atoms with Crippen LogP contribution in [-0.4, -0.2) is 56.0 Å². The Hall–Kier alpha value is -2.44. The third-order valence-electron chi connectivity index (χ3n) is 4.95. The van der Waals surface area contributed by atoms with Gasteiger partial charge in [-0.25, -0.2) is 4.39 Å². The van der Waals surface area contributed by atoms with Gasteiger partial charge in [-0.15, -0.1) is 0 Å². The Balaban J connectivity index is 1.67. The van der Waals surface area contributed by atoms with Crippen molar-refractivity contribution in [2.45, 2.75) is 12.6 Å². The van der Waals surface area contributed by atoms with E-state index >= 15 is 0 Å². The predicted molar refractivity (Wildman–Crippen MR) is 103 cm³/mol. The Bertz CT molecular complexity index is 784. The number of hydrogen-bond acceptors (Lipinski definition) is 4. The van der Waals surface area contributed by atoms with Gasteiger partial charge >= 0.3 is 0 Å². The highest BCUT2D eigenvalue weighted by Gasteiger charge is 2.27. The molecule has 1 N–H and O–H groups in total. The summed E-state index contributed by atoms with van der Waals surface area (Å²) in [6.45, 7) is 3.05. The predicted octanol–water partition coefficient (Wildman–Crippen LogP) is 2.44. The molecule has 0 aromatic heterocycles. The topological polar surface area (TPSA) is 44.8 Å². The quantitative estimate of drug-likeness (QED) is 0.847. The zero-order chi connectivity index (χ0) is 19.2. The van der Waals surface area contributed by atoms with E-state index in [1.54, 1.807) is 31.2 Å². The molecule has 1 aliphatic rings. The lowest BCUT2D eigenvalue weighted by molar-refractivity contribution is -0.132. The molecule has 1 amide bonds. The number of rotatable bonds is 6. The lowest BCUT2D eigenvalue weighted by Crippen LogP contribution is -2.49. The third-order valence-corrected chi connectivity index (χ3v) is 4.95. The number of halogens is 1. The molecule has 27 heavy (non-hydrogen) atoms. The number of carbonyl (C=O) groups is 1. The van der Waals surface area contributed by atoms with E-state index in [4.69, 9.17) is 4.74 Å². The van der Waals surface area contributed by atoms with Crippen LogP contribution in [0.3, 0.4) is 0 Å². The van der Waals surface area contributed by atoms with Crippen LogP contribution in [-0.2, 0) is 11.3 Å². The van der Waals surface area contributed by atoms with Gasteiger partial charge in [0.05, 0.1) is 13.7 Å². The van der Waals surface area contributed by atoms with Gasteiger partial charge in [-0.1, -0.05) is 30.3 Å². The molecule has 1 atom stereocenters. The fraction of sp³-hybridized carbons (Fsp3) is 0.381. The van der Waals surface area contributed by atoms with Crippen LogP contribution >= 0.6 is 0 Å². The summed E-state index contributed by atoms with van der Waals surface area (Å²) < 4.78 is 19.0. The van der Waals surface area contributed by atoms with Gasteiger partial charge in [-0.05, 0) is 23.8 Å². The van der Waals surface area contributed by atoms with Crippen LogP contribution in [0.4, 0.5) is 4.39 Å². The SMILES string of the molecule is COc1ccccc1CN(C)C(=O)CN1CCNCC1c1cccc(F)c1. The minimum Gasteiger partial charge on any atom is -0.496 e. The van der Waals surface area contributed by atoms with E-state index in [-0.39, 0.29) is 17.8 Å². The van der Waals surface area contributed by atoms with Gasteiger partial charge in [0.15, 0.2) is 0 Å². The molecular formula is C21H26FN3O2. The molecule has 0 bridgehead atoms. The molecule has 0 spiro atoms. The van der Waals surface area contributed by atoms with Crippen LogP contribution < -0.4 is 10.1 Å². The number of nitrogens with one attached hydrogen (secondary N) is 1. The second-order valence-corrected chi connectivity index (χ2v) is 6.81. The molecule has 3 rings (SSSR count). The number of para-hydroxylation sites is 1. The molecule has 0 saturated carbocycles. The summed E-state index contributed by atoms with van der Waals surface area (Å²) in [6.07, 6.45) is 0. The van der Waals surface area contributed by atoms with Crippen molar-refractivity contribution in [3.05, 3.63) is 65.5 Å². The second-order valence-electron chi connectivity index (χ2n) is 6.81. The maximum atomic E-state index is 13.6. The van der Waals surface area contributed by atoms with E-state index < -0.39 is 0 Å². The summed E-state index contributed by atoms with van der Waals surface area (Å²) in [5, 5.41) is 3.33. The number of nitrogens with zero attached hydrogens (tertiary/aromatic N) is 2. The van der Waals surface area contributed by atoms with Crippen molar-refractivity contribution in [3.8, 4) is 5.75 Å². The number of benzene rings is 2. The van der Waals surface area contributed by atoms with Crippen LogP contribution in [0, 0.1) is 5.82 Å². The Kier molecular flexibility index (Phi) is 6.42. The van der Waals surface area contributed by atoms with Gasteiger partial charge in [0.2, 0.25) is 5.91 Å². The van der Waals surface area contributed by atoms with Crippen LogP contribution in [0.5, 0.6) is 5.75 Å². The third kappa shape index (κ3) is 4.84. The summed E-state index contributed by atoms with van der Waals surface area (Å²) in [5.41, 5.74) is 1.86. The highest BCUT2D eigenvalue weighted by atomic mass is 19.1. The molecule has 5 nitrogen and oxygen atoms in total. The zero-order valence-corrected chi connectivity index (χ0v) is 15.8. The highest BCUT2D eigenvalue weighted by molar-refractivity contribution is 5.78. The van der Waals surface area contributed by atoms with Crippen LogP contribution in [0.2, 0.25) is 0 Å². The van der Waals surface area contributed by atoms with Crippen molar-refractivity contribution in [2.75, 3.05) is 40.3 Å². The van der Waals surface area contributed by atoms with Crippen LogP contribution in [0.15, 0.2) is 48.5 Å². The molecule has 6 heteroatoms. The smallest absolute Gasteiger partial charge is 0.236 e. The van der Waals surface area contributed by atoms with Crippen LogP contribution in [0.1, 0.15) is 17.2 Å². The van der Waals surface area contributed by atoms with Crippen molar-refractivity contribution in [2.24, 2.45) is 0 Å². The molecule has 2 aromatic rings. The minimum atomic E-state index is -0.252. The summed E-state index contributed by atoms with van der Waals surface area (Å²) in [7, 11) is 3.43. The molecular weight excluding hydrogens is 345 g/mol. The van der Waals surface area contributed by atoms with Crippen molar-refractivity contribution in [1.29, 1.82) is 0 Å². The maximum Gasteiger partial charge on any atom is 0.236 e. The van der Waals surface area contributed by atoms with Crippen molar-refractivity contribution < 1.29 is 13.9 Å². The number of carbonyl (C=O) groups excluding carboxylic acids is 1. The molecule has 1 fully saturated rings. The molecule has 144 valence electrons. The molecule has 0 radical (unpaired) electrons. The number of hydrogen-bond donors (Lipinski definition) is 1. The molecule has 0 aliphatic carbocycles. The van der Waals surface area contributed by atoms with Gasteiger partial charge in [0.25, 0.3) is 0 Å². The maximum absolute atomic E-state index is 13.6. The first kappa shape index (κ1) is 19.3. The summed E-state index contributed by atoms with van der Waals surface area (Å²) >= 11 is 0. The summed E-state index contributed by atoms with van der Waals surface area (Å²) in [4.78, 5) is 16.6. The van der Waals surface area contributed by atoms with E-state index in [1.807, 2.05) is 30.3 Å². The standard InChI is InChI=1S/C21H26FN3O2/c1-24(14-17-6-3-4-9-20(17)27-2)21(26)15-25-11-10-23-13-19(25)16-7-5-8-18(22)12-16/h3-9,12,19,23H,10-11,13-15H2,1-2H3. The van der Waals surface area contributed by atoms with Crippen molar-refractivity contribution in [1.82, 2.24) is 15.1 Å². The van der Waals surface area contributed by atoms with E-state index in [2.05, 4.69) is 10.2 Å². The fourth-order valence-corrected chi connectivity index (χ4v) is 3.45. The Labute approximate surface area is 159 Å². The first-order valence-electron chi connectivity index (χ1n) is 9.14. The lowest BCUT2D eigenvalue weighted by atomic mass is 10.0. The average Bonchev–Trinajstić information content (AvgIpc) is 2.68. The number of piperazine rings is 1. The van der Waals surface area contributed by atoms with Crippen molar-refractivity contribution >= 4 is 5.91 Å². The fourth-order valence-electron chi connectivity index (χ4n) is 3.45.